The molecule has 0 unspecified atom stereocenters. The number of halogens is 2. The SMILES string of the molecule is O=S(=O)(c1ccc(F)cc1Cl)N1CCN(c2ccc3c(c2)OCO3)CC1. The van der Waals surface area contributed by atoms with Gasteiger partial charge in [0, 0.05) is 37.9 Å². The number of benzene rings is 2. The Morgan fingerprint density at radius 3 is 2.42 bits per heavy atom. The van der Waals surface area contributed by atoms with Crippen LogP contribution in [-0.2, 0) is 10.0 Å². The Bertz CT molecular complexity index is 946. The van der Waals surface area contributed by atoms with Crippen LogP contribution in [0.15, 0.2) is 41.3 Å². The van der Waals surface area contributed by atoms with Gasteiger partial charge in [0.25, 0.3) is 0 Å². The lowest BCUT2D eigenvalue weighted by Crippen LogP contribution is -2.48. The van der Waals surface area contributed by atoms with Crippen LogP contribution in [0.3, 0.4) is 0 Å². The standard InChI is InChI=1S/C17H16ClFN2O4S/c18-14-9-12(19)1-4-17(14)26(22,23)21-7-5-20(6-8-21)13-2-3-15-16(10-13)25-11-24-15/h1-4,9-10H,5-8,11H2. The minimum absolute atomic E-state index is 0.0721. The molecule has 9 heteroatoms. The second-order valence-corrected chi connectivity index (χ2v) is 8.32. The van der Waals surface area contributed by atoms with Gasteiger partial charge in [0.05, 0.1) is 5.02 Å². The Kier molecular flexibility index (Phi) is 4.42. The van der Waals surface area contributed by atoms with E-state index in [1.807, 2.05) is 18.2 Å². The van der Waals surface area contributed by atoms with Crippen LogP contribution in [-0.4, -0.2) is 45.7 Å². The van der Waals surface area contributed by atoms with Crippen LogP contribution in [0.4, 0.5) is 10.1 Å². The van der Waals surface area contributed by atoms with Crippen LogP contribution in [0.1, 0.15) is 0 Å². The van der Waals surface area contributed by atoms with Crippen LogP contribution in [0.25, 0.3) is 0 Å². The minimum atomic E-state index is -3.76. The van der Waals surface area contributed by atoms with E-state index in [1.165, 1.54) is 10.4 Å². The van der Waals surface area contributed by atoms with E-state index in [4.69, 9.17) is 21.1 Å². The molecule has 0 amide bonds. The van der Waals surface area contributed by atoms with E-state index in [9.17, 15) is 12.8 Å². The van der Waals surface area contributed by atoms with E-state index in [-0.39, 0.29) is 16.7 Å². The van der Waals surface area contributed by atoms with Gasteiger partial charge in [0.2, 0.25) is 16.8 Å². The van der Waals surface area contributed by atoms with Gasteiger partial charge in [0.1, 0.15) is 10.7 Å². The summed E-state index contributed by atoms with van der Waals surface area (Å²) >= 11 is 5.93. The molecule has 0 aromatic heterocycles. The predicted octanol–water partition coefficient (Wildman–Crippen LogP) is 2.72. The van der Waals surface area contributed by atoms with Crippen molar-refractivity contribution in [3.8, 4) is 11.5 Å². The van der Waals surface area contributed by atoms with Crippen LogP contribution >= 0.6 is 11.6 Å². The highest BCUT2D eigenvalue weighted by Crippen LogP contribution is 2.36. The molecule has 6 nitrogen and oxygen atoms in total. The summed E-state index contributed by atoms with van der Waals surface area (Å²) in [6.07, 6.45) is 0. The Labute approximate surface area is 155 Å². The summed E-state index contributed by atoms with van der Waals surface area (Å²) < 4.78 is 50.8. The van der Waals surface area contributed by atoms with Gasteiger partial charge in [-0.25, -0.2) is 12.8 Å². The van der Waals surface area contributed by atoms with Gasteiger partial charge in [-0.05, 0) is 30.3 Å². The fourth-order valence-corrected chi connectivity index (χ4v) is 5.02. The molecule has 4 rings (SSSR count). The lowest BCUT2D eigenvalue weighted by atomic mass is 10.2. The van der Waals surface area contributed by atoms with E-state index in [2.05, 4.69) is 4.90 Å². The Morgan fingerprint density at radius 2 is 1.69 bits per heavy atom. The van der Waals surface area contributed by atoms with Gasteiger partial charge in [0.15, 0.2) is 11.5 Å². The molecule has 1 saturated heterocycles. The number of rotatable bonds is 3. The molecule has 2 aliphatic heterocycles. The first-order valence-corrected chi connectivity index (χ1v) is 9.87. The molecule has 2 aromatic carbocycles. The van der Waals surface area contributed by atoms with Gasteiger partial charge in [-0.15, -0.1) is 0 Å². The molecular formula is C17H16ClFN2O4S. The molecule has 0 radical (unpaired) electrons. The Morgan fingerprint density at radius 1 is 0.962 bits per heavy atom. The van der Waals surface area contributed by atoms with Crippen LogP contribution < -0.4 is 14.4 Å². The zero-order chi connectivity index (χ0) is 18.3. The number of nitrogens with zero attached hydrogens (tertiary/aromatic N) is 2. The molecule has 26 heavy (non-hydrogen) atoms. The third-order valence-electron chi connectivity index (χ3n) is 4.47. The fraction of sp³-hybridized carbons (Fsp3) is 0.294. The number of anilines is 1. The first-order valence-electron chi connectivity index (χ1n) is 8.05. The number of hydrogen-bond donors (Lipinski definition) is 0. The Hall–Kier alpha value is -2.03. The summed E-state index contributed by atoms with van der Waals surface area (Å²) in [7, 11) is -3.76. The highest BCUT2D eigenvalue weighted by Gasteiger charge is 2.30. The lowest BCUT2D eigenvalue weighted by Gasteiger charge is -2.35. The van der Waals surface area contributed by atoms with Crippen molar-refractivity contribution in [3.05, 3.63) is 47.2 Å². The summed E-state index contributed by atoms with van der Waals surface area (Å²) in [4.78, 5) is 2.01. The smallest absolute Gasteiger partial charge is 0.244 e. The van der Waals surface area contributed by atoms with Gasteiger partial charge < -0.3 is 14.4 Å². The largest absolute Gasteiger partial charge is 0.454 e. The number of fused-ring (bicyclic) bond motifs is 1. The molecule has 0 bridgehead atoms. The number of piperazine rings is 1. The summed E-state index contributed by atoms with van der Waals surface area (Å²) in [6.45, 7) is 1.88. The number of sulfonamides is 1. The van der Waals surface area contributed by atoms with Crippen molar-refractivity contribution in [2.45, 2.75) is 4.90 Å². The normalized spacial score (nSPS) is 17.5. The topological polar surface area (TPSA) is 59.1 Å². The number of ether oxygens (including phenoxy) is 2. The average molecular weight is 399 g/mol. The molecule has 0 aliphatic carbocycles. The van der Waals surface area contributed by atoms with Gasteiger partial charge in [-0.1, -0.05) is 11.6 Å². The van der Waals surface area contributed by atoms with Crippen LogP contribution in [0.5, 0.6) is 11.5 Å². The van der Waals surface area contributed by atoms with E-state index < -0.39 is 15.8 Å². The highest BCUT2D eigenvalue weighted by atomic mass is 35.5. The maximum Gasteiger partial charge on any atom is 0.244 e. The molecule has 138 valence electrons. The Balaban J connectivity index is 1.49. The summed E-state index contributed by atoms with van der Waals surface area (Å²) in [6, 6.07) is 8.98. The van der Waals surface area contributed by atoms with Gasteiger partial charge in [-0.3, -0.25) is 0 Å². The van der Waals surface area contributed by atoms with Crippen molar-refractivity contribution in [3.63, 3.8) is 0 Å². The first kappa shape index (κ1) is 17.4. The van der Waals surface area contributed by atoms with Crippen molar-refractivity contribution in [2.75, 3.05) is 37.9 Å². The second-order valence-electron chi connectivity index (χ2n) is 6.00. The lowest BCUT2D eigenvalue weighted by molar-refractivity contribution is 0.174. The molecule has 0 saturated carbocycles. The first-order chi connectivity index (χ1) is 12.4. The third kappa shape index (κ3) is 3.08. The van der Waals surface area contributed by atoms with Crippen molar-refractivity contribution in [1.82, 2.24) is 4.31 Å². The zero-order valence-corrected chi connectivity index (χ0v) is 15.3. The molecular weight excluding hydrogens is 383 g/mol. The van der Waals surface area contributed by atoms with E-state index in [0.29, 0.717) is 37.7 Å². The summed E-state index contributed by atoms with van der Waals surface area (Å²) in [5, 5.41) is -0.108. The van der Waals surface area contributed by atoms with Gasteiger partial charge in [-0.2, -0.15) is 4.31 Å². The van der Waals surface area contributed by atoms with Gasteiger partial charge >= 0.3 is 0 Å². The maximum absolute atomic E-state index is 13.2. The maximum atomic E-state index is 13.2. The van der Waals surface area contributed by atoms with Crippen molar-refractivity contribution in [2.24, 2.45) is 0 Å². The average Bonchev–Trinajstić information content (AvgIpc) is 3.09. The fourth-order valence-electron chi connectivity index (χ4n) is 3.09. The molecule has 0 atom stereocenters. The third-order valence-corrected chi connectivity index (χ3v) is 6.85. The molecule has 2 aliphatic rings. The van der Waals surface area contributed by atoms with E-state index in [1.54, 1.807) is 0 Å². The molecule has 2 heterocycles. The zero-order valence-electron chi connectivity index (χ0n) is 13.7. The van der Waals surface area contributed by atoms with Crippen molar-refractivity contribution < 1.29 is 22.3 Å². The van der Waals surface area contributed by atoms with Crippen molar-refractivity contribution in [1.29, 1.82) is 0 Å². The van der Waals surface area contributed by atoms with Crippen LogP contribution in [0, 0.1) is 5.82 Å². The molecule has 1 fully saturated rings. The van der Waals surface area contributed by atoms with Crippen LogP contribution in [0.2, 0.25) is 5.02 Å². The highest BCUT2D eigenvalue weighted by molar-refractivity contribution is 7.89. The molecule has 2 aromatic rings. The minimum Gasteiger partial charge on any atom is -0.454 e. The molecule has 0 N–H and O–H groups in total. The monoisotopic (exact) mass is 398 g/mol. The summed E-state index contributed by atoms with van der Waals surface area (Å²) in [5.74, 6) is 0.832. The quantitative estimate of drug-likeness (QED) is 0.795. The van der Waals surface area contributed by atoms with E-state index >= 15 is 0 Å². The predicted molar refractivity (Wildman–Crippen MR) is 94.9 cm³/mol. The van der Waals surface area contributed by atoms with Crippen molar-refractivity contribution >= 4 is 27.3 Å². The summed E-state index contributed by atoms with van der Waals surface area (Å²) in [5.41, 5.74) is 0.950. The molecule has 0 spiro atoms. The number of hydrogen-bond acceptors (Lipinski definition) is 5. The second kappa shape index (κ2) is 6.61. The van der Waals surface area contributed by atoms with E-state index in [0.717, 1.165) is 17.8 Å².